The van der Waals surface area contributed by atoms with E-state index in [-0.39, 0.29) is 5.56 Å². The van der Waals surface area contributed by atoms with Crippen LogP contribution in [0, 0.1) is 0 Å². The van der Waals surface area contributed by atoms with Gasteiger partial charge in [-0.15, -0.1) is 0 Å². The molecule has 0 fully saturated rings. The number of rotatable bonds is 7. The van der Waals surface area contributed by atoms with Gasteiger partial charge >= 0.3 is 0 Å². The number of nitrogens with two attached hydrogens (primary N) is 1. The first-order valence-electron chi connectivity index (χ1n) is 7.32. The third-order valence-electron chi connectivity index (χ3n) is 3.28. The second kappa shape index (κ2) is 7.59. The third kappa shape index (κ3) is 4.43. The number of aromatic nitrogens is 2. The lowest BCUT2D eigenvalue weighted by Gasteiger charge is -2.24. The molecule has 0 unspecified atom stereocenters. The predicted molar refractivity (Wildman–Crippen MR) is 85.4 cm³/mol. The van der Waals surface area contributed by atoms with Crippen LogP contribution in [0.25, 0.3) is 0 Å². The molecular weight excluding hydrogens is 264 g/mol. The first-order valence-corrected chi connectivity index (χ1v) is 7.32. The molecule has 21 heavy (non-hydrogen) atoms. The highest BCUT2D eigenvalue weighted by molar-refractivity contribution is 5.39. The summed E-state index contributed by atoms with van der Waals surface area (Å²) in [5.41, 5.74) is 6.70. The van der Waals surface area contributed by atoms with Gasteiger partial charge in [0.05, 0.1) is 0 Å². The first-order chi connectivity index (χ1) is 10.2. The number of hydrogen-bond donors (Lipinski definition) is 2. The van der Waals surface area contributed by atoms with E-state index in [0.717, 1.165) is 19.5 Å². The number of hydrogen-bond acceptors (Lipinski definition) is 4. The summed E-state index contributed by atoms with van der Waals surface area (Å²) >= 11 is 0. The molecule has 0 amide bonds. The van der Waals surface area contributed by atoms with Gasteiger partial charge in [-0.3, -0.25) is 4.79 Å². The van der Waals surface area contributed by atoms with Crippen molar-refractivity contribution < 1.29 is 0 Å². The van der Waals surface area contributed by atoms with E-state index in [9.17, 15) is 4.79 Å². The molecule has 0 saturated carbocycles. The van der Waals surface area contributed by atoms with E-state index >= 15 is 0 Å². The maximum absolute atomic E-state index is 11.8. The van der Waals surface area contributed by atoms with Crippen molar-refractivity contribution in [1.29, 1.82) is 0 Å². The minimum Gasteiger partial charge on any atom is -0.352 e. The van der Waals surface area contributed by atoms with Crippen molar-refractivity contribution in [1.82, 2.24) is 9.97 Å². The summed E-state index contributed by atoms with van der Waals surface area (Å²) in [4.78, 5) is 21.1. The molecule has 0 spiro atoms. The Kier molecular flexibility index (Phi) is 5.51. The van der Waals surface area contributed by atoms with Gasteiger partial charge in [-0.05, 0) is 18.5 Å². The fourth-order valence-corrected chi connectivity index (χ4v) is 2.18. The molecule has 1 aromatic heterocycles. The summed E-state index contributed by atoms with van der Waals surface area (Å²) in [5.74, 6) is 1.43. The monoisotopic (exact) mass is 286 g/mol. The molecule has 0 radical (unpaired) electrons. The van der Waals surface area contributed by atoms with Crippen molar-refractivity contribution in [2.24, 2.45) is 5.73 Å². The topological polar surface area (TPSA) is 75.0 Å². The van der Waals surface area contributed by atoms with E-state index in [1.807, 2.05) is 25.1 Å². The molecule has 5 heteroatoms. The summed E-state index contributed by atoms with van der Waals surface area (Å²) in [6.07, 6.45) is 1.57. The molecule has 1 heterocycles. The van der Waals surface area contributed by atoms with E-state index in [2.05, 4.69) is 27.0 Å². The smallest absolute Gasteiger partial charge is 0.252 e. The van der Waals surface area contributed by atoms with Crippen LogP contribution in [0.3, 0.4) is 0 Å². The lowest BCUT2D eigenvalue weighted by atomic mass is 10.2. The normalized spacial score (nSPS) is 10.6. The Bertz CT molecular complexity index is 609. The summed E-state index contributed by atoms with van der Waals surface area (Å²) < 4.78 is 0. The molecule has 0 atom stereocenters. The van der Waals surface area contributed by atoms with Gasteiger partial charge < -0.3 is 15.6 Å². The van der Waals surface area contributed by atoms with Crippen molar-refractivity contribution in [2.75, 3.05) is 18.0 Å². The zero-order valence-corrected chi connectivity index (χ0v) is 12.4. The van der Waals surface area contributed by atoms with Crippen LogP contribution in [0.15, 0.2) is 41.2 Å². The van der Waals surface area contributed by atoms with Gasteiger partial charge in [0.15, 0.2) is 0 Å². The largest absolute Gasteiger partial charge is 0.352 e. The van der Waals surface area contributed by atoms with E-state index in [0.29, 0.717) is 24.6 Å². The molecule has 2 rings (SSSR count). The van der Waals surface area contributed by atoms with E-state index in [1.54, 1.807) is 6.07 Å². The van der Waals surface area contributed by atoms with Gasteiger partial charge in [-0.1, -0.05) is 37.3 Å². The Balaban J connectivity index is 2.26. The average molecular weight is 286 g/mol. The van der Waals surface area contributed by atoms with Crippen LogP contribution in [0.2, 0.25) is 0 Å². The van der Waals surface area contributed by atoms with Crippen LogP contribution in [0.5, 0.6) is 0 Å². The fraction of sp³-hybridized carbons (Fsp3) is 0.375. The van der Waals surface area contributed by atoms with Gasteiger partial charge in [0.25, 0.3) is 5.56 Å². The zero-order valence-electron chi connectivity index (χ0n) is 12.4. The van der Waals surface area contributed by atoms with Crippen LogP contribution >= 0.6 is 0 Å². The molecular formula is C16H22N4O. The quantitative estimate of drug-likeness (QED) is 0.812. The van der Waals surface area contributed by atoms with Gasteiger partial charge in [-0.25, -0.2) is 4.98 Å². The number of anilines is 1. The standard InChI is InChI=1S/C16H22N4O/c1-2-14-18-15(11-16(21)19-14)20(10-6-9-17)12-13-7-4-3-5-8-13/h3-5,7-8,11H,2,6,9-10,12,17H2,1H3,(H,18,19,21). The molecule has 5 nitrogen and oxygen atoms in total. The van der Waals surface area contributed by atoms with Crippen LogP contribution in [0.1, 0.15) is 24.7 Å². The molecule has 0 aliphatic rings. The van der Waals surface area contributed by atoms with Gasteiger partial charge in [0, 0.05) is 25.6 Å². The second-order valence-electron chi connectivity index (χ2n) is 4.95. The maximum atomic E-state index is 11.8. The average Bonchev–Trinajstić information content (AvgIpc) is 2.51. The molecule has 3 N–H and O–H groups in total. The first kappa shape index (κ1) is 15.3. The highest BCUT2D eigenvalue weighted by Gasteiger charge is 2.10. The molecule has 0 aliphatic carbocycles. The summed E-state index contributed by atoms with van der Waals surface area (Å²) in [7, 11) is 0. The highest BCUT2D eigenvalue weighted by Crippen LogP contribution is 2.13. The number of nitrogens with one attached hydrogen (secondary N) is 1. The fourth-order valence-electron chi connectivity index (χ4n) is 2.18. The molecule has 1 aromatic carbocycles. The minimum atomic E-state index is -0.109. The lowest BCUT2D eigenvalue weighted by molar-refractivity contribution is 0.718. The summed E-state index contributed by atoms with van der Waals surface area (Å²) in [5, 5.41) is 0. The van der Waals surface area contributed by atoms with E-state index < -0.39 is 0 Å². The second-order valence-corrected chi connectivity index (χ2v) is 4.95. The molecule has 0 aliphatic heterocycles. The van der Waals surface area contributed by atoms with Crippen LogP contribution < -0.4 is 16.2 Å². The van der Waals surface area contributed by atoms with Crippen LogP contribution in [-0.4, -0.2) is 23.1 Å². The Hall–Kier alpha value is -2.14. The Labute approximate surface area is 124 Å². The van der Waals surface area contributed by atoms with Gasteiger partial charge in [-0.2, -0.15) is 0 Å². The number of H-pyrrole nitrogens is 1. The van der Waals surface area contributed by atoms with Gasteiger partial charge in [0.1, 0.15) is 11.6 Å². The number of aryl methyl sites for hydroxylation is 1. The number of nitrogens with zero attached hydrogens (tertiary/aromatic N) is 2. The van der Waals surface area contributed by atoms with E-state index in [1.165, 1.54) is 5.56 Å². The minimum absolute atomic E-state index is 0.109. The molecule has 0 bridgehead atoms. The van der Waals surface area contributed by atoms with Crippen LogP contribution in [-0.2, 0) is 13.0 Å². The Morgan fingerprint density at radius 1 is 1.29 bits per heavy atom. The van der Waals surface area contributed by atoms with Crippen LogP contribution in [0.4, 0.5) is 5.82 Å². The van der Waals surface area contributed by atoms with Crippen molar-refractivity contribution in [3.63, 3.8) is 0 Å². The Morgan fingerprint density at radius 3 is 2.71 bits per heavy atom. The van der Waals surface area contributed by atoms with Crippen molar-refractivity contribution >= 4 is 5.82 Å². The molecule has 2 aromatic rings. The predicted octanol–water partition coefficient (Wildman–Crippen LogP) is 1.69. The zero-order chi connectivity index (χ0) is 15.1. The SMILES string of the molecule is CCc1nc(N(CCCN)Cc2ccccc2)cc(=O)[nH]1. The van der Waals surface area contributed by atoms with Crippen molar-refractivity contribution in [2.45, 2.75) is 26.3 Å². The van der Waals surface area contributed by atoms with Crippen molar-refractivity contribution in [3.8, 4) is 0 Å². The van der Waals surface area contributed by atoms with Crippen molar-refractivity contribution in [3.05, 3.63) is 58.1 Å². The summed E-state index contributed by atoms with van der Waals surface area (Å²) in [6.45, 7) is 4.10. The summed E-state index contributed by atoms with van der Waals surface area (Å²) in [6, 6.07) is 11.7. The highest BCUT2D eigenvalue weighted by atomic mass is 16.1. The van der Waals surface area contributed by atoms with E-state index in [4.69, 9.17) is 5.73 Å². The van der Waals surface area contributed by atoms with Gasteiger partial charge in [0.2, 0.25) is 0 Å². The lowest BCUT2D eigenvalue weighted by Crippen LogP contribution is -2.28. The molecule has 0 saturated heterocycles. The third-order valence-corrected chi connectivity index (χ3v) is 3.28. The molecule has 112 valence electrons. The number of benzene rings is 1. The number of aromatic amines is 1. The Morgan fingerprint density at radius 2 is 2.05 bits per heavy atom. The maximum Gasteiger partial charge on any atom is 0.252 e.